The Morgan fingerprint density at radius 1 is 1.21 bits per heavy atom. The largest absolute Gasteiger partial charge is 0.495 e. The molecule has 0 saturated carbocycles. The summed E-state index contributed by atoms with van der Waals surface area (Å²) >= 11 is 0. The van der Waals surface area contributed by atoms with Crippen LogP contribution in [-0.2, 0) is 14.9 Å². The van der Waals surface area contributed by atoms with Gasteiger partial charge in [0.15, 0.2) is 0 Å². The molecule has 1 aromatic carbocycles. The number of aromatic nitrogens is 1. The molecule has 0 spiro atoms. The fourth-order valence-corrected chi connectivity index (χ4v) is 1.98. The lowest BCUT2D eigenvalue weighted by atomic mass is 9.84. The third-order valence-electron chi connectivity index (χ3n) is 3.31. The molecule has 19 heavy (non-hydrogen) atoms. The number of hydrogen-bond acceptors (Lipinski definition) is 4. The van der Waals surface area contributed by atoms with Crippen molar-refractivity contribution in [2.45, 2.75) is 19.3 Å². The van der Waals surface area contributed by atoms with Crippen molar-refractivity contribution in [3.05, 3.63) is 36.0 Å². The summed E-state index contributed by atoms with van der Waals surface area (Å²) < 4.78 is 10.0. The molecule has 0 bridgehead atoms. The van der Waals surface area contributed by atoms with Crippen molar-refractivity contribution in [3.8, 4) is 5.75 Å². The Labute approximate surface area is 112 Å². The van der Waals surface area contributed by atoms with Crippen LogP contribution in [0.1, 0.15) is 19.4 Å². The SMILES string of the molecule is COC(=O)C(C)(C)c1ccc2ncc(OC)cc2c1. The summed E-state index contributed by atoms with van der Waals surface area (Å²) in [6, 6.07) is 7.65. The van der Waals surface area contributed by atoms with Gasteiger partial charge in [0.2, 0.25) is 0 Å². The predicted octanol–water partition coefficient (Wildman–Crippen LogP) is 2.69. The lowest BCUT2D eigenvalue weighted by Crippen LogP contribution is -2.30. The Hall–Kier alpha value is -2.10. The summed E-state index contributed by atoms with van der Waals surface area (Å²) in [6.45, 7) is 3.68. The van der Waals surface area contributed by atoms with E-state index in [9.17, 15) is 4.79 Å². The molecule has 0 aliphatic heterocycles. The molecule has 2 rings (SSSR count). The zero-order valence-corrected chi connectivity index (χ0v) is 11.6. The normalized spacial score (nSPS) is 11.4. The van der Waals surface area contributed by atoms with Crippen molar-refractivity contribution in [2.24, 2.45) is 0 Å². The molecule has 0 aliphatic rings. The van der Waals surface area contributed by atoms with Crippen LogP contribution in [0.2, 0.25) is 0 Å². The smallest absolute Gasteiger partial charge is 0.315 e. The molecule has 0 N–H and O–H groups in total. The van der Waals surface area contributed by atoms with Crippen molar-refractivity contribution in [2.75, 3.05) is 14.2 Å². The van der Waals surface area contributed by atoms with Crippen LogP contribution in [0.3, 0.4) is 0 Å². The Morgan fingerprint density at radius 3 is 2.58 bits per heavy atom. The monoisotopic (exact) mass is 259 g/mol. The number of carbonyl (C=O) groups is 1. The number of pyridine rings is 1. The summed E-state index contributed by atoms with van der Waals surface area (Å²) in [5, 5.41) is 0.939. The van der Waals surface area contributed by atoms with E-state index >= 15 is 0 Å². The van der Waals surface area contributed by atoms with Crippen LogP contribution in [0.25, 0.3) is 10.9 Å². The Morgan fingerprint density at radius 2 is 1.95 bits per heavy atom. The third-order valence-corrected chi connectivity index (χ3v) is 3.31. The number of nitrogens with zero attached hydrogens (tertiary/aromatic N) is 1. The molecule has 4 nitrogen and oxygen atoms in total. The van der Waals surface area contributed by atoms with Crippen LogP contribution < -0.4 is 4.74 Å². The number of rotatable bonds is 3. The molecule has 0 saturated heterocycles. The Bertz CT molecular complexity index is 620. The fraction of sp³-hybridized carbons (Fsp3) is 0.333. The van der Waals surface area contributed by atoms with Crippen LogP contribution >= 0.6 is 0 Å². The van der Waals surface area contributed by atoms with Crippen LogP contribution in [0.15, 0.2) is 30.5 Å². The number of esters is 1. The highest BCUT2D eigenvalue weighted by Crippen LogP contribution is 2.28. The lowest BCUT2D eigenvalue weighted by molar-refractivity contribution is -0.146. The molecule has 0 aliphatic carbocycles. The second-order valence-electron chi connectivity index (χ2n) is 4.90. The average Bonchev–Trinajstić information content (AvgIpc) is 2.44. The van der Waals surface area contributed by atoms with Gasteiger partial charge in [0, 0.05) is 5.39 Å². The van der Waals surface area contributed by atoms with Gasteiger partial charge in [-0.05, 0) is 37.6 Å². The molecule has 0 fully saturated rings. The van der Waals surface area contributed by atoms with E-state index in [4.69, 9.17) is 9.47 Å². The topological polar surface area (TPSA) is 48.4 Å². The molecule has 0 atom stereocenters. The fourth-order valence-electron chi connectivity index (χ4n) is 1.98. The van der Waals surface area contributed by atoms with E-state index in [1.54, 1.807) is 13.3 Å². The second kappa shape index (κ2) is 4.88. The first-order valence-electron chi connectivity index (χ1n) is 6.01. The number of carbonyl (C=O) groups excluding carboxylic acids is 1. The quantitative estimate of drug-likeness (QED) is 0.795. The lowest BCUT2D eigenvalue weighted by Gasteiger charge is -2.22. The van der Waals surface area contributed by atoms with Gasteiger partial charge >= 0.3 is 5.97 Å². The molecule has 1 aromatic heterocycles. The minimum absolute atomic E-state index is 0.261. The van der Waals surface area contributed by atoms with Crippen LogP contribution in [0, 0.1) is 0 Å². The molecular formula is C15H17NO3. The van der Waals surface area contributed by atoms with Crippen molar-refractivity contribution < 1.29 is 14.3 Å². The van der Waals surface area contributed by atoms with E-state index in [2.05, 4.69) is 4.98 Å². The van der Waals surface area contributed by atoms with Crippen molar-refractivity contribution in [1.82, 2.24) is 4.98 Å². The summed E-state index contributed by atoms with van der Waals surface area (Å²) in [5.41, 5.74) is 1.07. The zero-order valence-electron chi connectivity index (χ0n) is 11.6. The van der Waals surface area contributed by atoms with Crippen molar-refractivity contribution in [1.29, 1.82) is 0 Å². The van der Waals surface area contributed by atoms with Gasteiger partial charge in [0.1, 0.15) is 5.75 Å². The van der Waals surface area contributed by atoms with Gasteiger partial charge < -0.3 is 9.47 Å². The summed E-state index contributed by atoms with van der Waals surface area (Å²) in [5.74, 6) is 0.434. The van der Waals surface area contributed by atoms with E-state index in [0.29, 0.717) is 5.75 Å². The number of ether oxygens (including phenoxy) is 2. The van der Waals surface area contributed by atoms with Gasteiger partial charge in [-0.3, -0.25) is 9.78 Å². The van der Waals surface area contributed by atoms with Gasteiger partial charge in [-0.1, -0.05) is 6.07 Å². The maximum Gasteiger partial charge on any atom is 0.315 e. The minimum atomic E-state index is -0.688. The predicted molar refractivity (Wildman–Crippen MR) is 73.3 cm³/mol. The summed E-state index contributed by atoms with van der Waals surface area (Å²) in [7, 11) is 3.00. The van der Waals surface area contributed by atoms with E-state index in [0.717, 1.165) is 16.5 Å². The highest BCUT2D eigenvalue weighted by atomic mass is 16.5. The van der Waals surface area contributed by atoms with E-state index in [-0.39, 0.29) is 5.97 Å². The average molecular weight is 259 g/mol. The van der Waals surface area contributed by atoms with Gasteiger partial charge in [0.25, 0.3) is 0 Å². The molecular weight excluding hydrogens is 242 g/mol. The number of benzene rings is 1. The van der Waals surface area contributed by atoms with E-state index < -0.39 is 5.41 Å². The number of fused-ring (bicyclic) bond motifs is 1. The Balaban J connectivity index is 2.54. The summed E-state index contributed by atoms with van der Waals surface area (Å²) in [6.07, 6.45) is 1.67. The third kappa shape index (κ3) is 2.38. The second-order valence-corrected chi connectivity index (χ2v) is 4.90. The number of hydrogen-bond donors (Lipinski definition) is 0. The highest BCUT2D eigenvalue weighted by Gasteiger charge is 2.30. The first kappa shape index (κ1) is 13.3. The van der Waals surface area contributed by atoms with E-state index in [1.807, 2.05) is 38.1 Å². The maximum atomic E-state index is 11.8. The maximum absolute atomic E-state index is 11.8. The van der Waals surface area contributed by atoms with Crippen LogP contribution in [-0.4, -0.2) is 25.2 Å². The number of methoxy groups -OCH3 is 2. The zero-order chi connectivity index (χ0) is 14.0. The van der Waals surface area contributed by atoms with Crippen LogP contribution in [0.4, 0.5) is 0 Å². The first-order chi connectivity index (χ1) is 8.98. The summed E-state index contributed by atoms with van der Waals surface area (Å²) in [4.78, 5) is 16.1. The molecule has 1 heterocycles. The molecule has 0 radical (unpaired) electrons. The minimum Gasteiger partial charge on any atom is -0.495 e. The van der Waals surface area contributed by atoms with Crippen molar-refractivity contribution in [3.63, 3.8) is 0 Å². The van der Waals surface area contributed by atoms with Crippen molar-refractivity contribution >= 4 is 16.9 Å². The Kier molecular flexibility index (Phi) is 3.42. The molecule has 0 unspecified atom stereocenters. The molecule has 0 amide bonds. The van der Waals surface area contributed by atoms with Crippen LogP contribution in [0.5, 0.6) is 5.75 Å². The standard InChI is InChI=1S/C15H17NO3/c1-15(2,14(17)19-4)11-5-6-13-10(7-11)8-12(18-3)9-16-13/h5-9H,1-4H3. The molecule has 4 heteroatoms. The van der Waals surface area contributed by atoms with Gasteiger partial charge in [-0.25, -0.2) is 0 Å². The molecule has 2 aromatic rings. The van der Waals surface area contributed by atoms with Gasteiger partial charge in [-0.15, -0.1) is 0 Å². The van der Waals surface area contributed by atoms with Gasteiger partial charge in [0.05, 0.1) is 31.3 Å². The highest BCUT2D eigenvalue weighted by molar-refractivity contribution is 5.86. The molecule has 100 valence electrons. The van der Waals surface area contributed by atoms with Gasteiger partial charge in [-0.2, -0.15) is 0 Å². The van der Waals surface area contributed by atoms with E-state index in [1.165, 1.54) is 7.11 Å². The first-order valence-corrected chi connectivity index (χ1v) is 6.01.